The Bertz CT molecular complexity index is 162. The van der Waals surface area contributed by atoms with Crippen LogP contribution < -0.4 is 11.3 Å². The van der Waals surface area contributed by atoms with E-state index in [1.807, 2.05) is 0 Å². The van der Waals surface area contributed by atoms with Crippen LogP contribution in [0.2, 0.25) is 0 Å². The third-order valence-electron chi connectivity index (χ3n) is 3.18. The third kappa shape index (κ3) is 1.50. The van der Waals surface area contributed by atoms with E-state index in [9.17, 15) is 0 Å². The second-order valence-electron chi connectivity index (χ2n) is 4.25. The fourth-order valence-electron chi connectivity index (χ4n) is 2.29. The maximum Gasteiger partial charge on any atom is 0.0383 e. The van der Waals surface area contributed by atoms with E-state index in [-0.39, 0.29) is 0 Å². The van der Waals surface area contributed by atoms with Crippen molar-refractivity contribution in [1.29, 1.82) is 0 Å². The van der Waals surface area contributed by atoms with Crippen LogP contribution in [0.25, 0.3) is 0 Å². The summed E-state index contributed by atoms with van der Waals surface area (Å²) in [6, 6.07) is 0.560. The van der Waals surface area contributed by atoms with Gasteiger partial charge in [-0.2, -0.15) is 11.8 Å². The van der Waals surface area contributed by atoms with Gasteiger partial charge >= 0.3 is 0 Å². The molecule has 12 heavy (non-hydrogen) atoms. The van der Waals surface area contributed by atoms with Gasteiger partial charge in [-0.05, 0) is 44.3 Å². The van der Waals surface area contributed by atoms with Crippen LogP contribution in [0.15, 0.2) is 0 Å². The first-order chi connectivity index (χ1) is 5.76. The molecule has 0 aromatic heterocycles. The van der Waals surface area contributed by atoms with Gasteiger partial charge in [0, 0.05) is 10.8 Å². The molecule has 1 aliphatic heterocycles. The van der Waals surface area contributed by atoms with Crippen molar-refractivity contribution in [3.8, 4) is 0 Å². The molecule has 3 N–H and O–H groups in total. The molecule has 1 aliphatic carbocycles. The predicted molar refractivity (Wildman–Crippen MR) is 53.9 cm³/mol. The molecule has 0 aromatic carbocycles. The number of nitrogens with one attached hydrogen (secondary N) is 1. The van der Waals surface area contributed by atoms with E-state index in [0.717, 1.165) is 5.92 Å². The summed E-state index contributed by atoms with van der Waals surface area (Å²) >= 11 is 2.10. The first kappa shape index (κ1) is 8.85. The van der Waals surface area contributed by atoms with E-state index in [1.54, 1.807) is 0 Å². The first-order valence-electron chi connectivity index (χ1n) is 4.86. The summed E-state index contributed by atoms with van der Waals surface area (Å²) in [5, 5.41) is 0. The Morgan fingerprint density at radius 1 is 1.58 bits per heavy atom. The molecule has 2 nitrogen and oxygen atoms in total. The second kappa shape index (κ2) is 3.20. The van der Waals surface area contributed by atoms with E-state index in [1.165, 1.54) is 31.4 Å². The molecule has 3 heteroatoms. The number of nitrogens with two attached hydrogens (primary N) is 1. The molecule has 0 bridgehead atoms. The molecule has 2 rings (SSSR count). The van der Waals surface area contributed by atoms with E-state index in [0.29, 0.717) is 10.8 Å². The highest BCUT2D eigenvalue weighted by Crippen LogP contribution is 2.47. The molecule has 1 heterocycles. The van der Waals surface area contributed by atoms with Crippen molar-refractivity contribution in [3.63, 3.8) is 0 Å². The summed E-state index contributed by atoms with van der Waals surface area (Å²) in [4.78, 5) is 0. The van der Waals surface area contributed by atoms with Gasteiger partial charge in [-0.1, -0.05) is 0 Å². The van der Waals surface area contributed by atoms with Crippen molar-refractivity contribution < 1.29 is 0 Å². The van der Waals surface area contributed by atoms with Gasteiger partial charge in [0.1, 0.15) is 0 Å². The van der Waals surface area contributed by atoms with Crippen LogP contribution in [-0.2, 0) is 0 Å². The van der Waals surface area contributed by atoms with Crippen molar-refractivity contribution in [2.24, 2.45) is 11.8 Å². The topological polar surface area (TPSA) is 38.0 Å². The van der Waals surface area contributed by atoms with E-state index < -0.39 is 0 Å². The first-order valence-corrected chi connectivity index (χ1v) is 5.85. The highest BCUT2D eigenvalue weighted by molar-refractivity contribution is 8.00. The van der Waals surface area contributed by atoms with Crippen LogP contribution >= 0.6 is 11.8 Å². The smallest absolute Gasteiger partial charge is 0.0383 e. The fraction of sp³-hybridized carbons (Fsp3) is 1.00. The lowest BCUT2D eigenvalue weighted by Crippen LogP contribution is -2.50. The molecule has 2 atom stereocenters. The van der Waals surface area contributed by atoms with Gasteiger partial charge in [0.05, 0.1) is 0 Å². The van der Waals surface area contributed by atoms with Crippen LogP contribution in [0, 0.1) is 5.92 Å². The Kier molecular flexibility index (Phi) is 2.36. The van der Waals surface area contributed by atoms with Crippen LogP contribution in [-0.4, -0.2) is 16.5 Å². The number of thioether (sulfide) groups is 1. The number of hydrogen-bond donors (Lipinski definition) is 2. The quantitative estimate of drug-likeness (QED) is 0.518. The normalized spacial score (nSPS) is 38.5. The van der Waals surface area contributed by atoms with Crippen LogP contribution in [0.4, 0.5) is 0 Å². The van der Waals surface area contributed by atoms with Gasteiger partial charge in [0.25, 0.3) is 0 Å². The van der Waals surface area contributed by atoms with Crippen LogP contribution in [0.3, 0.4) is 0 Å². The Balaban J connectivity index is 2.02. The Morgan fingerprint density at radius 2 is 2.33 bits per heavy atom. The molecule has 1 saturated carbocycles. The van der Waals surface area contributed by atoms with Crippen LogP contribution in [0.5, 0.6) is 0 Å². The van der Waals surface area contributed by atoms with Gasteiger partial charge < -0.3 is 0 Å². The van der Waals surface area contributed by atoms with Crippen LogP contribution in [0.1, 0.15) is 32.6 Å². The maximum atomic E-state index is 5.62. The van der Waals surface area contributed by atoms with Gasteiger partial charge in [-0.3, -0.25) is 11.3 Å². The zero-order valence-electron chi connectivity index (χ0n) is 7.68. The Labute approximate surface area is 78.6 Å². The summed E-state index contributed by atoms with van der Waals surface area (Å²) in [6.07, 6.45) is 5.46. The molecular formula is C9H18N2S. The molecular weight excluding hydrogens is 168 g/mol. The predicted octanol–water partition coefficient (Wildman–Crippen LogP) is 1.51. The van der Waals surface area contributed by atoms with E-state index in [2.05, 4.69) is 24.1 Å². The summed E-state index contributed by atoms with van der Waals surface area (Å²) in [6.45, 7) is 2.37. The second-order valence-corrected chi connectivity index (χ2v) is 5.88. The van der Waals surface area contributed by atoms with Gasteiger partial charge in [-0.25, -0.2) is 0 Å². The third-order valence-corrected chi connectivity index (χ3v) is 4.79. The number of hydrazine groups is 1. The minimum Gasteiger partial charge on any atom is -0.271 e. The number of rotatable bonds is 3. The van der Waals surface area contributed by atoms with Gasteiger partial charge in [0.2, 0.25) is 0 Å². The Morgan fingerprint density at radius 3 is 2.75 bits per heavy atom. The van der Waals surface area contributed by atoms with Crippen molar-refractivity contribution in [2.45, 2.75) is 43.4 Å². The molecule has 0 amide bonds. The van der Waals surface area contributed by atoms with Crippen molar-refractivity contribution in [1.82, 2.24) is 5.43 Å². The molecule has 70 valence electrons. The monoisotopic (exact) mass is 186 g/mol. The highest BCUT2D eigenvalue weighted by Gasteiger charge is 2.45. The summed E-state index contributed by atoms with van der Waals surface area (Å²) in [5.74, 6) is 7.80. The standard InChI is InChI=1S/C9H18N2S/c1-9(5-2-6-12-9)8(11-10)7-3-4-7/h7-8,11H,2-6,10H2,1H3. The molecule has 2 aliphatic rings. The van der Waals surface area contributed by atoms with E-state index in [4.69, 9.17) is 5.84 Å². The lowest BCUT2D eigenvalue weighted by Gasteiger charge is -2.32. The SMILES string of the molecule is CC1(C(NN)C2CC2)CCCS1. The lowest BCUT2D eigenvalue weighted by molar-refractivity contribution is 0.371. The number of hydrogen-bond acceptors (Lipinski definition) is 3. The molecule has 0 radical (unpaired) electrons. The van der Waals surface area contributed by atoms with Crippen molar-refractivity contribution >= 4 is 11.8 Å². The largest absolute Gasteiger partial charge is 0.271 e. The zero-order valence-corrected chi connectivity index (χ0v) is 8.49. The average Bonchev–Trinajstić information content (AvgIpc) is 2.77. The van der Waals surface area contributed by atoms with Crippen molar-refractivity contribution in [3.05, 3.63) is 0 Å². The Hall–Kier alpha value is 0.270. The van der Waals surface area contributed by atoms with E-state index >= 15 is 0 Å². The minimum atomic E-state index is 0.427. The molecule has 2 unspecified atom stereocenters. The summed E-state index contributed by atoms with van der Waals surface area (Å²) in [5.41, 5.74) is 3.03. The molecule has 1 saturated heterocycles. The minimum absolute atomic E-state index is 0.427. The zero-order chi connectivity index (χ0) is 8.60. The van der Waals surface area contributed by atoms with Gasteiger partial charge in [-0.15, -0.1) is 0 Å². The molecule has 0 spiro atoms. The van der Waals surface area contributed by atoms with Gasteiger partial charge in [0.15, 0.2) is 0 Å². The fourth-order valence-corrected chi connectivity index (χ4v) is 3.77. The highest BCUT2D eigenvalue weighted by atomic mass is 32.2. The summed E-state index contributed by atoms with van der Waals surface area (Å²) < 4.78 is 0.427. The van der Waals surface area contributed by atoms with Crippen molar-refractivity contribution in [2.75, 3.05) is 5.75 Å². The summed E-state index contributed by atoms with van der Waals surface area (Å²) in [7, 11) is 0. The molecule has 2 fully saturated rings. The average molecular weight is 186 g/mol. The lowest BCUT2D eigenvalue weighted by atomic mass is 9.93. The maximum absolute atomic E-state index is 5.62. The molecule has 0 aromatic rings.